The van der Waals surface area contributed by atoms with E-state index in [0.717, 1.165) is 49.0 Å². The lowest BCUT2D eigenvalue weighted by Crippen LogP contribution is -2.52. The molecule has 7 nitrogen and oxygen atoms in total. The van der Waals surface area contributed by atoms with Gasteiger partial charge in [0.2, 0.25) is 0 Å². The molecule has 3 N–H and O–H groups in total. The Kier molecular flexibility index (Phi) is 4.50. The highest BCUT2D eigenvalue weighted by molar-refractivity contribution is 5.95. The average Bonchev–Trinajstić information content (AvgIpc) is 3.12. The molecule has 1 aromatic carbocycles. The van der Waals surface area contributed by atoms with Gasteiger partial charge in [-0.25, -0.2) is 9.78 Å². The molecule has 0 radical (unpaired) electrons. The van der Waals surface area contributed by atoms with Crippen LogP contribution in [0.25, 0.3) is 11.2 Å². The van der Waals surface area contributed by atoms with Crippen LogP contribution in [0.5, 0.6) is 0 Å². The Morgan fingerprint density at radius 1 is 1.20 bits per heavy atom. The molecule has 2 aliphatic rings. The molecular formula is C23H27N5O2. The number of hydrogen-bond donors (Lipinski definition) is 3. The maximum atomic E-state index is 13.4. The molecule has 0 spiro atoms. The molecule has 0 aliphatic carbocycles. The third-order valence-electron chi connectivity index (χ3n) is 6.66. The minimum atomic E-state index is -0.291. The Morgan fingerprint density at radius 2 is 2.07 bits per heavy atom. The van der Waals surface area contributed by atoms with Crippen LogP contribution in [0.4, 0.5) is 0 Å². The number of hydrogen-bond acceptors (Lipinski definition) is 4. The maximum absolute atomic E-state index is 13.4. The Labute approximate surface area is 174 Å². The molecule has 0 saturated carbocycles. The summed E-state index contributed by atoms with van der Waals surface area (Å²) in [6.45, 7) is 6.78. The molecule has 4 heterocycles. The Morgan fingerprint density at radius 3 is 2.90 bits per heavy atom. The van der Waals surface area contributed by atoms with Gasteiger partial charge in [-0.3, -0.25) is 9.78 Å². The largest absolute Gasteiger partial charge is 0.333 e. The summed E-state index contributed by atoms with van der Waals surface area (Å²) in [5, 5.41) is 3.39. The van der Waals surface area contributed by atoms with E-state index in [9.17, 15) is 9.59 Å². The number of aromatic amines is 2. The normalized spacial score (nSPS) is 20.9. The van der Waals surface area contributed by atoms with E-state index in [1.165, 1.54) is 11.1 Å². The maximum Gasteiger partial charge on any atom is 0.325 e. The van der Waals surface area contributed by atoms with E-state index in [0.29, 0.717) is 12.2 Å². The average molecular weight is 406 g/mol. The van der Waals surface area contributed by atoms with Crippen LogP contribution >= 0.6 is 0 Å². The number of aromatic nitrogens is 3. The molecule has 2 aromatic heterocycles. The highest BCUT2D eigenvalue weighted by atomic mass is 16.2. The number of benzene rings is 1. The van der Waals surface area contributed by atoms with Crippen molar-refractivity contribution in [1.82, 2.24) is 25.2 Å². The number of pyridine rings is 1. The summed E-state index contributed by atoms with van der Waals surface area (Å²) < 4.78 is 0. The lowest BCUT2D eigenvalue weighted by Gasteiger charge is -2.46. The van der Waals surface area contributed by atoms with Crippen LogP contribution in [0.3, 0.4) is 0 Å². The van der Waals surface area contributed by atoms with Crippen molar-refractivity contribution in [3.8, 4) is 0 Å². The van der Waals surface area contributed by atoms with Gasteiger partial charge in [-0.05, 0) is 80.5 Å². The fourth-order valence-electron chi connectivity index (χ4n) is 5.11. The topological polar surface area (TPSA) is 93.9 Å². The van der Waals surface area contributed by atoms with E-state index in [2.05, 4.69) is 46.2 Å². The predicted molar refractivity (Wildman–Crippen MR) is 116 cm³/mol. The summed E-state index contributed by atoms with van der Waals surface area (Å²) in [5.41, 5.74) is 5.28. The second-order valence-electron chi connectivity index (χ2n) is 9.07. The first-order valence-electron chi connectivity index (χ1n) is 10.6. The van der Waals surface area contributed by atoms with E-state index in [-0.39, 0.29) is 23.1 Å². The zero-order chi connectivity index (χ0) is 20.9. The second-order valence-corrected chi connectivity index (χ2v) is 9.07. The van der Waals surface area contributed by atoms with Crippen LogP contribution in [0.15, 0.2) is 35.3 Å². The number of carbonyl (C=O) groups is 1. The molecule has 30 heavy (non-hydrogen) atoms. The molecule has 1 atom stereocenters. The van der Waals surface area contributed by atoms with Crippen molar-refractivity contribution in [2.75, 3.05) is 13.1 Å². The van der Waals surface area contributed by atoms with Crippen LogP contribution in [-0.4, -0.2) is 44.4 Å². The molecule has 1 unspecified atom stereocenters. The second kappa shape index (κ2) is 7.09. The first kappa shape index (κ1) is 19.1. The van der Waals surface area contributed by atoms with Gasteiger partial charge < -0.3 is 15.2 Å². The summed E-state index contributed by atoms with van der Waals surface area (Å²) in [5.74, 6) is 0.357. The number of rotatable bonds is 2. The SMILES string of the molecule is CC1(C)CC(c2ccnc3[nH]c(=O)[nH]c23)CCN1C(=O)c1ccc2c(c1)CNCC2. The molecule has 0 bridgehead atoms. The standard InChI is InChI=1S/C23H27N5O2/c1-23(2)12-16(18-6-9-25-20-19(18)26-22(30)27-20)7-10-28(23)21(29)15-4-3-14-5-8-24-13-17(14)11-15/h3-4,6,9,11,16,24H,5,7-8,10,12-13H2,1-2H3,(H2,25,26,27,30). The van der Waals surface area contributed by atoms with Crippen molar-refractivity contribution >= 4 is 17.1 Å². The fourth-order valence-corrected chi connectivity index (χ4v) is 5.11. The number of imidazole rings is 1. The number of nitrogens with zero attached hydrogens (tertiary/aromatic N) is 2. The third-order valence-corrected chi connectivity index (χ3v) is 6.66. The summed E-state index contributed by atoms with van der Waals surface area (Å²) in [6.07, 6.45) is 4.45. The molecular weight excluding hydrogens is 378 g/mol. The third kappa shape index (κ3) is 3.23. The van der Waals surface area contributed by atoms with E-state index in [1.54, 1.807) is 6.20 Å². The van der Waals surface area contributed by atoms with Crippen molar-refractivity contribution in [2.24, 2.45) is 0 Å². The lowest BCUT2D eigenvalue weighted by atomic mass is 9.78. The number of amides is 1. The van der Waals surface area contributed by atoms with Gasteiger partial charge in [-0.15, -0.1) is 0 Å². The Hall–Kier alpha value is -2.93. The van der Waals surface area contributed by atoms with Crippen molar-refractivity contribution in [1.29, 1.82) is 0 Å². The summed E-state index contributed by atoms with van der Waals surface area (Å²) >= 11 is 0. The van der Waals surface area contributed by atoms with E-state index in [1.807, 2.05) is 17.0 Å². The van der Waals surface area contributed by atoms with Crippen molar-refractivity contribution in [3.63, 3.8) is 0 Å². The van der Waals surface area contributed by atoms with Crippen LogP contribution in [0.1, 0.15) is 59.7 Å². The van der Waals surface area contributed by atoms with Gasteiger partial charge in [0.1, 0.15) is 0 Å². The van der Waals surface area contributed by atoms with Gasteiger partial charge in [0.15, 0.2) is 5.65 Å². The van der Waals surface area contributed by atoms with Crippen LogP contribution in [0.2, 0.25) is 0 Å². The highest BCUT2D eigenvalue weighted by Crippen LogP contribution is 2.39. The van der Waals surface area contributed by atoms with E-state index in [4.69, 9.17) is 0 Å². The number of H-pyrrole nitrogens is 2. The van der Waals surface area contributed by atoms with Crippen molar-refractivity contribution in [3.05, 3.63) is 63.2 Å². The van der Waals surface area contributed by atoms with Gasteiger partial charge in [0.05, 0.1) is 5.52 Å². The first-order valence-corrected chi connectivity index (χ1v) is 10.6. The first-order chi connectivity index (χ1) is 14.4. The monoisotopic (exact) mass is 405 g/mol. The van der Waals surface area contributed by atoms with Gasteiger partial charge >= 0.3 is 5.69 Å². The number of carbonyl (C=O) groups excluding carboxylic acids is 1. The summed E-state index contributed by atoms with van der Waals surface area (Å²) in [4.78, 5) is 37.0. The van der Waals surface area contributed by atoms with E-state index < -0.39 is 0 Å². The van der Waals surface area contributed by atoms with Crippen LogP contribution in [0, 0.1) is 0 Å². The van der Waals surface area contributed by atoms with Crippen molar-refractivity contribution in [2.45, 2.75) is 51.1 Å². The quantitative estimate of drug-likeness (QED) is 0.611. The van der Waals surface area contributed by atoms with Gasteiger partial charge in [0, 0.05) is 30.4 Å². The predicted octanol–water partition coefficient (Wildman–Crippen LogP) is 2.70. The zero-order valence-electron chi connectivity index (χ0n) is 17.4. The number of fused-ring (bicyclic) bond motifs is 2. The van der Waals surface area contributed by atoms with Gasteiger partial charge in [0.25, 0.3) is 5.91 Å². The lowest BCUT2D eigenvalue weighted by molar-refractivity contribution is 0.0395. The van der Waals surface area contributed by atoms with Crippen LogP contribution < -0.4 is 11.0 Å². The number of nitrogens with one attached hydrogen (secondary N) is 3. The fraction of sp³-hybridized carbons (Fsp3) is 0.435. The van der Waals surface area contributed by atoms with Gasteiger partial charge in [-0.1, -0.05) is 6.07 Å². The smallest absolute Gasteiger partial charge is 0.325 e. The highest BCUT2D eigenvalue weighted by Gasteiger charge is 2.39. The summed E-state index contributed by atoms with van der Waals surface area (Å²) in [7, 11) is 0. The van der Waals surface area contributed by atoms with Crippen LogP contribution in [-0.2, 0) is 13.0 Å². The molecule has 156 valence electrons. The molecule has 1 fully saturated rings. The van der Waals surface area contributed by atoms with E-state index >= 15 is 0 Å². The number of piperidine rings is 1. The summed E-state index contributed by atoms with van der Waals surface area (Å²) in [6, 6.07) is 8.13. The molecule has 1 saturated heterocycles. The van der Waals surface area contributed by atoms with Gasteiger partial charge in [-0.2, -0.15) is 0 Å². The molecule has 1 amide bonds. The number of likely N-dealkylation sites (tertiary alicyclic amines) is 1. The molecule has 5 rings (SSSR count). The molecule has 2 aliphatic heterocycles. The minimum absolute atomic E-state index is 0.0988. The molecule has 7 heteroatoms. The minimum Gasteiger partial charge on any atom is -0.333 e. The zero-order valence-corrected chi connectivity index (χ0v) is 17.4. The Balaban J connectivity index is 1.40. The Bertz CT molecular complexity index is 1180. The molecule has 3 aromatic rings. The van der Waals surface area contributed by atoms with Crippen molar-refractivity contribution < 1.29 is 4.79 Å².